The minimum atomic E-state index is -3.47. The molecule has 5 heteroatoms. The van der Waals surface area contributed by atoms with Crippen molar-refractivity contribution in [3.63, 3.8) is 0 Å². The molecule has 0 spiro atoms. The summed E-state index contributed by atoms with van der Waals surface area (Å²) in [7, 11) is -1.88. The first kappa shape index (κ1) is 17.0. The molecule has 1 aromatic carbocycles. The zero-order valence-electron chi connectivity index (χ0n) is 13.6. The summed E-state index contributed by atoms with van der Waals surface area (Å²) in [4.78, 5) is 0.337. The van der Waals surface area contributed by atoms with E-state index in [1.54, 1.807) is 26.2 Å². The third-order valence-corrected chi connectivity index (χ3v) is 5.71. The van der Waals surface area contributed by atoms with Crippen molar-refractivity contribution in [2.75, 3.05) is 13.7 Å². The van der Waals surface area contributed by atoms with Crippen LogP contribution in [0.5, 0.6) is 5.75 Å². The van der Waals surface area contributed by atoms with Crippen LogP contribution >= 0.6 is 0 Å². The summed E-state index contributed by atoms with van der Waals surface area (Å²) in [5.41, 5.74) is 2.90. The Morgan fingerprint density at radius 3 is 2.59 bits per heavy atom. The summed E-state index contributed by atoms with van der Waals surface area (Å²) in [6, 6.07) is 3.45. The number of methoxy groups -OCH3 is 1. The summed E-state index contributed by atoms with van der Waals surface area (Å²) in [6.07, 6.45) is 7.74. The first-order valence-corrected chi connectivity index (χ1v) is 9.25. The molecule has 0 amide bonds. The fourth-order valence-corrected chi connectivity index (χ4v) is 4.17. The first-order chi connectivity index (χ1) is 10.4. The van der Waals surface area contributed by atoms with E-state index in [1.165, 1.54) is 18.4 Å². The minimum absolute atomic E-state index is 0.337. The second kappa shape index (κ2) is 7.29. The average Bonchev–Trinajstić information content (AvgIpc) is 2.50. The molecule has 1 aliphatic carbocycles. The quantitative estimate of drug-likeness (QED) is 0.815. The summed E-state index contributed by atoms with van der Waals surface area (Å²) in [6.45, 7) is 4.10. The van der Waals surface area contributed by atoms with Crippen LogP contribution in [0.2, 0.25) is 0 Å². The van der Waals surface area contributed by atoms with Crippen LogP contribution in [0.15, 0.2) is 28.7 Å². The molecule has 1 aliphatic rings. The second-order valence-corrected chi connectivity index (χ2v) is 7.58. The Bertz CT molecular complexity index is 663. The Kier molecular flexibility index (Phi) is 5.64. The first-order valence-electron chi connectivity index (χ1n) is 7.77. The molecule has 22 heavy (non-hydrogen) atoms. The highest BCUT2D eigenvalue weighted by molar-refractivity contribution is 7.89. The molecule has 0 atom stereocenters. The standard InChI is InChI=1S/C17H25NO3S/c1-13-12-17(14(2)11-16(13)21-3)22(19,20)18-10-9-15-7-5-4-6-8-15/h7,11-12,18H,4-6,8-10H2,1-3H3. The fraction of sp³-hybridized carbons (Fsp3) is 0.529. The van der Waals surface area contributed by atoms with Crippen molar-refractivity contribution in [2.45, 2.75) is 50.8 Å². The highest BCUT2D eigenvalue weighted by Gasteiger charge is 2.18. The van der Waals surface area contributed by atoms with E-state index >= 15 is 0 Å². The van der Waals surface area contributed by atoms with Crippen LogP contribution in [0.1, 0.15) is 43.2 Å². The fourth-order valence-electron chi connectivity index (χ4n) is 2.83. The Morgan fingerprint density at radius 2 is 1.95 bits per heavy atom. The van der Waals surface area contributed by atoms with Gasteiger partial charge in [0.2, 0.25) is 10.0 Å². The van der Waals surface area contributed by atoms with E-state index in [-0.39, 0.29) is 0 Å². The van der Waals surface area contributed by atoms with Gasteiger partial charge in [-0.15, -0.1) is 0 Å². The molecule has 0 heterocycles. The summed E-state index contributed by atoms with van der Waals surface area (Å²) in [5, 5.41) is 0. The van der Waals surface area contributed by atoms with Crippen molar-refractivity contribution in [1.29, 1.82) is 0 Å². The summed E-state index contributed by atoms with van der Waals surface area (Å²) >= 11 is 0. The number of rotatable bonds is 6. The van der Waals surface area contributed by atoms with Gasteiger partial charge in [0.15, 0.2) is 0 Å². The number of aryl methyl sites for hydroxylation is 2. The molecule has 0 saturated heterocycles. The maximum atomic E-state index is 12.5. The summed E-state index contributed by atoms with van der Waals surface area (Å²) < 4.78 is 32.9. The van der Waals surface area contributed by atoms with Crippen LogP contribution in [-0.2, 0) is 10.0 Å². The number of allylic oxidation sites excluding steroid dienone is 1. The molecule has 0 fully saturated rings. The van der Waals surface area contributed by atoms with Crippen molar-refractivity contribution < 1.29 is 13.2 Å². The smallest absolute Gasteiger partial charge is 0.240 e. The lowest BCUT2D eigenvalue weighted by Gasteiger charge is -2.15. The van der Waals surface area contributed by atoms with Gasteiger partial charge in [0.05, 0.1) is 12.0 Å². The van der Waals surface area contributed by atoms with Gasteiger partial charge >= 0.3 is 0 Å². The Balaban J connectivity index is 2.07. The van der Waals surface area contributed by atoms with Gasteiger partial charge in [-0.3, -0.25) is 0 Å². The van der Waals surface area contributed by atoms with Crippen LogP contribution < -0.4 is 9.46 Å². The highest BCUT2D eigenvalue weighted by atomic mass is 32.2. The molecular weight excluding hydrogens is 298 g/mol. The molecule has 1 aromatic rings. The normalized spacial score (nSPS) is 15.5. The lowest BCUT2D eigenvalue weighted by molar-refractivity contribution is 0.411. The molecule has 4 nitrogen and oxygen atoms in total. The molecule has 0 unspecified atom stereocenters. The molecule has 122 valence electrons. The zero-order valence-corrected chi connectivity index (χ0v) is 14.4. The SMILES string of the molecule is COc1cc(C)c(S(=O)(=O)NCCC2=CCCCC2)cc1C. The minimum Gasteiger partial charge on any atom is -0.496 e. The third kappa shape index (κ3) is 4.11. The van der Waals surface area contributed by atoms with Gasteiger partial charge in [-0.2, -0.15) is 0 Å². The summed E-state index contributed by atoms with van der Waals surface area (Å²) in [5.74, 6) is 0.712. The Hall–Kier alpha value is -1.33. The molecule has 0 saturated carbocycles. The third-order valence-electron chi connectivity index (χ3n) is 4.11. The van der Waals surface area contributed by atoms with Crippen LogP contribution in [0.4, 0.5) is 0 Å². The Labute approximate surface area is 133 Å². The van der Waals surface area contributed by atoms with Crippen molar-refractivity contribution in [3.8, 4) is 5.75 Å². The number of hydrogen-bond donors (Lipinski definition) is 1. The van der Waals surface area contributed by atoms with E-state index in [9.17, 15) is 8.42 Å². The topological polar surface area (TPSA) is 55.4 Å². The Morgan fingerprint density at radius 1 is 1.18 bits per heavy atom. The van der Waals surface area contributed by atoms with Crippen LogP contribution in [0, 0.1) is 13.8 Å². The number of ether oxygens (including phenoxy) is 1. The van der Waals surface area contributed by atoms with Crippen LogP contribution in [0.3, 0.4) is 0 Å². The van der Waals surface area contributed by atoms with Crippen LogP contribution in [-0.4, -0.2) is 22.1 Å². The average molecular weight is 323 g/mol. The number of benzene rings is 1. The van der Waals surface area contributed by atoms with E-state index < -0.39 is 10.0 Å². The van der Waals surface area contributed by atoms with E-state index in [0.29, 0.717) is 22.8 Å². The molecule has 0 aliphatic heterocycles. The van der Waals surface area contributed by atoms with E-state index in [2.05, 4.69) is 10.8 Å². The van der Waals surface area contributed by atoms with Crippen molar-refractivity contribution in [3.05, 3.63) is 34.9 Å². The highest BCUT2D eigenvalue weighted by Crippen LogP contribution is 2.25. The number of hydrogen-bond acceptors (Lipinski definition) is 3. The van der Waals surface area contributed by atoms with E-state index in [1.807, 2.05) is 6.92 Å². The van der Waals surface area contributed by atoms with Crippen molar-refractivity contribution in [2.24, 2.45) is 0 Å². The van der Waals surface area contributed by atoms with E-state index in [4.69, 9.17) is 4.74 Å². The second-order valence-electron chi connectivity index (χ2n) is 5.84. The predicted octanol–water partition coefficient (Wildman–Crippen LogP) is 3.48. The van der Waals surface area contributed by atoms with Gasteiger partial charge in [0, 0.05) is 6.54 Å². The predicted molar refractivity (Wildman–Crippen MR) is 88.8 cm³/mol. The number of sulfonamides is 1. The van der Waals surface area contributed by atoms with Gasteiger partial charge < -0.3 is 4.74 Å². The monoisotopic (exact) mass is 323 g/mol. The van der Waals surface area contributed by atoms with Crippen molar-refractivity contribution >= 4 is 10.0 Å². The molecule has 1 N–H and O–H groups in total. The molecule has 0 bridgehead atoms. The van der Waals surface area contributed by atoms with Crippen molar-refractivity contribution in [1.82, 2.24) is 4.72 Å². The maximum Gasteiger partial charge on any atom is 0.240 e. The largest absolute Gasteiger partial charge is 0.496 e. The van der Waals surface area contributed by atoms with E-state index in [0.717, 1.165) is 24.8 Å². The lowest BCUT2D eigenvalue weighted by Crippen LogP contribution is -2.26. The molecule has 0 aromatic heterocycles. The lowest BCUT2D eigenvalue weighted by atomic mass is 9.97. The maximum absolute atomic E-state index is 12.5. The molecular formula is C17H25NO3S. The van der Waals surface area contributed by atoms with Gasteiger partial charge in [-0.25, -0.2) is 13.1 Å². The van der Waals surface area contributed by atoms with Gasteiger partial charge in [-0.1, -0.05) is 11.6 Å². The molecule has 0 radical (unpaired) electrons. The number of nitrogens with one attached hydrogen (secondary N) is 1. The zero-order chi connectivity index (χ0) is 16.2. The molecule has 2 rings (SSSR count). The van der Waals surface area contributed by atoms with Gasteiger partial charge in [-0.05, 0) is 69.2 Å². The van der Waals surface area contributed by atoms with Gasteiger partial charge in [0.25, 0.3) is 0 Å². The van der Waals surface area contributed by atoms with Crippen LogP contribution in [0.25, 0.3) is 0 Å². The van der Waals surface area contributed by atoms with Gasteiger partial charge in [0.1, 0.15) is 5.75 Å².